The summed E-state index contributed by atoms with van der Waals surface area (Å²) >= 11 is 1.18. The molecule has 0 radical (unpaired) electrons. The van der Waals surface area contributed by atoms with Crippen molar-refractivity contribution in [1.29, 1.82) is 0 Å². The van der Waals surface area contributed by atoms with Gasteiger partial charge in [0.2, 0.25) is 0 Å². The highest BCUT2D eigenvalue weighted by molar-refractivity contribution is 7.99. The number of nitro groups is 1. The van der Waals surface area contributed by atoms with Crippen molar-refractivity contribution < 1.29 is 4.92 Å². The molecule has 2 heterocycles. The summed E-state index contributed by atoms with van der Waals surface area (Å²) in [6.07, 6.45) is 5.32. The number of terminal acetylenes is 1. The molecule has 0 aliphatic rings. The van der Waals surface area contributed by atoms with Crippen molar-refractivity contribution >= 4 is 28.5 Å². The van der Waals surface area contributed by atoms with Crippen LogP contribution in [0.4, 0.5) is 5.69 Å². The molecule has 3 aromatic rings. The first-order valence-electron chi connectivity index (χ1n) is 7.64. The topological polar surface area (TPSA) is 113 Å². The molecule has 0 saturated carbocycles. The predicted molar refractivity (Wildman–Crippen MR) is 102 cm³/mol. The molecule has 136 valence electrons. The molecule has 9 nitrogen and oxygen atoms in total. The van der Waals surface area contributed by atoms with Crippen molar-refractivity contribution in [2.75, 3.05) is 5.75 Å². The second kappa shape index (κ2) is 7.05. The Labute approximate surface area is 156 Å². The molecule has 0 saturated heterocycles. The first-order chi connectivity index (χ1) is 12.8. The van der Waals surface area contributed by atoms with Gasteiger partial charge in [-0.3, -0.25) is 24.0 Å². The smallest absolute Gasteiger partial charge is 0.280 e. The lowest BCUT2D eigenvalue weighted by molar-refractivity contribution is -0.384. The molecule has 10 heteroatoms. The molecule has 0 bridgehead atoms. The number of aryl methyl sites for hydroxylation is 1. The zero-order valence-corrected chi connectivity index (χ0v) is 15.2. The Kier molecular flexibility index (Phi) is 4.79. The molecule has 0 aliphatic carbocycles. The van der Waals surface area contributed by atoms with Crippen molar-refractivity contribution in [3.63, 3.8) is 0 Å². The first-order valence-corrected chi connectivity index (χ1v) is 8.62. The van der Waals surface area contributed by atoms with Crippen LogP contribution in [0.5, 0.6) is 0 Å². The second-order valence-electron chi connectivity index (χ2n) is 5.55. The highest BCUT2D eigenvalue weighted by Crippen LogP contribution is 2.26. The Morgan fingerprint density at radius 3 is 2.44 bits per heavy atom. The van der Waals surface area contributed by atoms with E-state index in [1.807, 2.05) is 0 Å². The number of nitrogens with zero attached hydrogens (tertiary/aromatic N) is 5. The molecule has 0 unspecified atom stereocenters. The molecule has 27 heavy (non-hydrogen) atoms. The number of rotatable bonds is 4. The molecular weight excluding hydrogens is 370 g/mol. The van der Waals surface area contributed by atoms with Crippen LogP contribution in [0.15, 0.2) is 38.9 Å². The highest BCUT2D eigenvalue weighted by atomic mass is 32.2. The molecule has 0 amide bonds. The zero-order valence-electron chi connectivity index (χ0n) is 14.4. The van der Waals surface area contributed by atoms with Gasteiger partial charge in [0.05, 0.1) is 10.7 Å². The fraction of sp³-hybridized carbons (Fsp3) is 0.176. The average Bonchev–Trinajstić information content (AvgIpc) is 2.68. The average molecular weight is 383 g/mol. The summed E-state index contributed by atoms with van der Waals surface area (Å²) in [6, 6.07) is 5.68. The van der Waals surface area contributed by atoms with Crippen molar-refractivity contribution in [3.05, 3.63) is 55.2 Å². The maximum Gasteiger partial charge on any atom is 0.332 e. The number of hydrogen-bond donors (Lipinski definition) is 0. The van der Waals surface area contributed by atoms with Crippen molar-refractivity contribution in [2.24, 2.45) is 14.1 Å². The Hall–Kier alpha value is -3.45. The lowest BCUT2D eigenvalue weighted by atomic mass is 10.2. The van der Waals surface area contributed by atoms with Crippen molar-refractivity contribution in [3.8, 4) is 23.7 Å². The van der Waals surface area contributed by atoms with E-state index in [1.165, 1.54) is 54.7 Å². The third-order valence-electron chi connectivity index (χ3n) is 3.90. The van der Waals surface area contributed by atoms with Crippen LogP contribution in [0, 0.1) is 22.5 Å². The van der Waals surface area contributed by atoms with Gasteiger partial charge in [-0.15, -0.1) is 6.42 Å². The molecule has 0 N–H and O–H groups in total. The van der Waals surface area contributed by atoms with E-state index in [2.05, 4.69) is 15.9 Å². The number of hydrogen-bond acceptors (Lipinski definition) is 7. The maximum atomic E-state index is 12.6. The Bertz CT molecular complexity index is 1220. The minimum Gasteiger partial charge on any atom is -0.280 e. The van der Waals surface area contributed by atoms with Gasteiger partial charge in [0.15, 0.2) is 11.5 Å². The molecule has 3 rings (SSSR count). The van der Waals surface area contributed by atoms with E-state index >= 15 is 0 Å². The summed E-state index contributed by atoms with van der Waals surface area (Å²) in [6.45, 7) is 0. The third kappa shape index (κ3) is 3.20. The maximum absolute atomic E-state index is 12.6. The van der Waals surface area contributed by atoms with Crippen LogP contribution in [0.1, 0.15) is 0 Å². The SMILES string of the molecule is C#CCSc1nc(-c2ccc([N+](=O)[O-])cc2)nc2c1c(=O)n(C)c(=O)n2C. The minimum atomic E-state index is -0.520. The fourth-order valence-electron chi connectivity index (χ4n) is 2.50. The molecule has 0 aliphatic heterocycles. The van der Waals surface area contributed by atoms with Crippen LogP contribution in [-0.2, 0) is 14.1 Å². The van der Waals surface area contributed by atoms with Crippen molar-refractivity contribution in [1.82, 2.24) is 19.1 Å². The Morgan fingerprint density at radius 1 is 1.19 bits per heavy atom. The van der Waals surface area contributed by atoms with Crippen LogP contribution >= 0.6 is 11.8 Å². The van der Waals surface area contributed by atoms with Gasteiger partial charge in [-0.05, 0) is 12.1 Å². The summed E-state index contributed by atoms with van der Waals surface area (Å²) in [5.74, 6) is 2.98. The number of aromatic nitrogens is 4. The monoisotopic (exact) mass is 383 g/mol. The molecule has 0 atom stereocenters. The molecule has 0 spiro atoms. The second-order valence-corrected chi connectivity index (χ2v) is 6.52. The quantitative estimate of drug-likeness (QED) is 0.220. The Morgan fingerprint density at radius 2 is 1.85 bits per heavy atom. The van der Waals surface area contributed by atoms with Gasteiger partial charge in [0.1, 0.15) is 10.4 Å². The summed E-state index contributed by atoms with van der Waals surface area (Å²) in [7, 11) is 2.89. The van der Waals surface area contributed by atoms with Crippen molar-refractivity contribution in [2.45, 2.75) is 5.03 Å². The van der Waals surface area contributed by atoms with Gasteiger partial charge in [-0.2, -0.15) is 0 Å². The molecular formula is C17H13N5O4S. The van der Waals surface area contributed by atoms with Gasteiger partial charge < -0.3 is 0 Å². The van der Waals surface area contributed by atoms with E-state index in [0.717, 1.165) is 4.57 Å². The van der Waals surface area contributed by atoms with E-state index in [-0.39, 0.29) is 28.3 Å². The molecule has 0 fully saturated rings. The molecule has 2 aromatic heterocycles. The van der Waals surface area contributed by atoms with Gasteiger partial charge in [0, 0.05) is 31.8 Å². The van der Waals surface area contributed by atoms with E-state index < -0.39 is 16.2 Å². The summed E-state index contributed by atoms with van der Waals surface area (Å²) in [4.78, 5) is 43.9. The van der Waals surface area contributed by atoms with E-state index in [9.17, 15) is 19.7 Å². The number of fused-ring (bicyclic) bond motifs is 1. The number of benzene rings is 1. The van der Waals surface area contributed by atoms with E-state index in [0.29, 0.717) is 10.6 Å². The fourth-order valence-corrected chi connectivity index (χ4v) is 3.20. The largest absolute Gasteiger partial charge is 0.332 e. The van der Waals surface area contributed by atoms with Crippen LogP contribution in [0.25, 0.3) is 22.4 Å². The Balaban J connectivity index is 2.32. The number of nitro benzene ring substituents is 1. The van der Waals surface area contributed by atoms with Crippen LogP contribution in [0.3, 0.4) is 0 Å². The summed E-state index contributed by atoms with van der Waals surface area (Å²) < 4.78 is 2.24. The predicted octanol–water partition coefficient (Wildman–Crippen LogP) is 1.33. The van der Waals surface area contributed by atoms with Crippen LogP contribution in [0.2, 0.25) is 0 Å². The van der Waals surface area contributed by atoms with Gasteiger partial charge >= 0.3 is 5.69 Å². The standard InChI is InChI=1S/C17H13N5O4S/c1-4-9-27-15-12-14(20(2)17(24)21(3)16(12)23)18-13(19-15)10-5-7-11(8-6-10)22(25)26/h1,5-8H,9H2,2-3H3. The lowest BCUT2D eigenvalue weighted by Gasteiger charge is -2.11. The lowest BCUT2D eigenvalue weighted by Crippen LogP contribution is -2.37. The minimum absolute atomic E-state index is 0.0669. The van der Waals surface area contributed by atoms with E-state index in [4.69, 9.17) is 6.42 Å². The van der Waals surface area contributed by atoms with Crippen LogP contribution in [-0.4, -0.2) is 29.8 Å². The van der Waals surface area contributed by atoms with Gasteiger partial charge in [-0.25, -0.2) is 14.8 Å². The molecule has 1 aromatic carbocycles. The van der Waals surface area contributed by atoms with E-state index in [1.54, 1.807) is 0 Å². The zero-order chi connectivity index (χ0) is 19.7. The van der Waals surface area contributed by atoms with Gasteiger partial charge in [0.25, 0.3) is 11.2 Å². The number of non-ortho nitro benzene ring substituents is 1. The highest BCUT2D eigenvalue weighted by Gasteiger charge is 2.18. The summed E-state index contributed by atoms with van der Waals surface area (Å²) in [5.41, 5.74) is -0.413. The first kappa shape index (κ1) is 18.3. The normalized spacial score (nSPS) is 10.7. The van der Waals surface area contributed by atoms with Gasteiger partial charge in [-0.1, -0.05) is 17.7 Å². The third-order valence-corrected chi connectivity index (χ3v) is 4.78. The summed E-state index contributed by atoms with van der Waals surface area (Å²) in [5, 5.41) is 11.4. The van der Waals surface area contributed by atoms with Crippen LogP contribution < -0.4 is 11.2 Å². The number of thioether (sulfide) groups is 1.